The molecule has 4 rings (SSSR count). The summed E-state index contributed by atoms with van der Waals surface area (Å²) in [5.74, 6) is -2.69. The first-order valence-corrected chi connectivity index (χ1v) is 9.21. The molecule has 0 heterocycles. The van der Waals surface area contributed by atoms with Gasteiger partial charge in [-0.2, -0.15) is 0 Å². The number of fused-ring (bicyclic) bond motifs is 1. The molecule has 0 N–H and O–H groups in total. The summed E-state index contributed by atoms with van der Waals surface area (Å²) in [5, 5.41) is 0. The zero-order valence-corrected chi connectivity index (χ0v) is 15.3. The van der Waals surface area contributed by atoms with Gasteiger partial charge in [-0.05, 0) is 65.3 Å². The molecule has 4 heteroatoms. The summed E-state index contributed by atoms with van der Waals surface area (Å²) >= 11 is 0. The lowest BCUT2D eigenvalue weighted by Gasteiger charge is -2.20. The van der Waals surface area contributed by atoms with Crippen LogP contribution in [0.4, 0.5) is 17.6 Å². The van der Waals surface area contributed by atoms with E-state index in [9.17, 15) is 13.2 Å². The fourth-order valence-electron chi connectivity index (χ4n) is 3.68. The quantitative estimate of drug-likeness (QED) is 0.445. The van der Waals surface area contributed by atoms with E-state index in [1.165, 1.54) is 6.07 Å². The van der Waals surface area contributed by atoms with Crippen LogP contribution in [-0.4, -0.2) is 0 Å². The third kappa shape index (κ3) is 3.24. The van der Waals surface area contributed by atoms with Gasteiger partial charge in [0.25, 0.3) is 0 Å². The van der Waals surface area contributed by atoms with Crippen molar-refractivity contribution < 1.29 is 17.6 Å². The Hall–Kier alpha value is -2.88. The predicted molar refractivity (Wildman–Crippen MR) is 103 cm³/mol. The topological polar surface area (TPSA) is 0 Å². The Kier molecular flexibility index (Phi) is 4.80. The molecule has 0 bridgehead atoms. The van der Waals surface area contributed by atoms with E-state index in [-0.39, 0.29) is 16.9 Å². The minimum absolute atomic E-state index is 0.230. The first-order chi connectivity index (χ1) is 13.5. The SMILES string of the molecule is CCc1ccc(C2=CCc3c(ccc(-c4ccc(F)c(F)c4)c3F)C2)c(F)c1. The fraction of sp³-hybridized carbons (Fsp3) is 0.167. The van der Waals surface area contributed by atoms with E-state index in [4.69, 9.17) is 0 Å². The van der Waals surface area contributed by atoms with Crippen molar-refractivity contribution in [2.45, 2.75) is 26.2 Å². The van der Waals surface area contributed by atoms with Gasteiger partial charge in [-0.3, -0.25) is 0 Å². The molecule has 0 spiro atoms. The van der Waals surface area contributed by atoms with Gasteiger partial charge in [0.15, 0.2) is 11.6 Å². The Bertz CT molecular complexity index is 1100. The summed E-state index contributed by atoms with van der Waals surface area (Å²) in [6.07, 6.45) is 3.34. The molecule has 1 aliphatic rings. The molecule has 3 aromatic carbocycles. The number of rotatable bonds is 3. The first kappa shape index (κ1) is 18.5. The number of hydrogen-bond donors (Lipinski definition) is 0. The van der Waals surface area contributed by atoms with Gasteiger partial charge in [0.2, 0.25) is 0 Å². The molecule has 0 unspecified atom stereocenters. The number of hydrogen-bond acceptors (Lipinski definition) is 0. The Morgan fingerprint density at radius 3 is 2.29 bits per heavy atom. The van der Waals surface area contributed by atoms with E-state index in [0.29, 0.717) is 24.0 Å². The average Bonchev–Trinajstić information content (AvgIpc) is 2.70. The van der Waals surface area contributed by atoms with Crippen molar-refractivity contribution in [1.29, 1.82) is 0 Å². The highest BCUT2D eigenvalue weighted by molar-refractivity contribution is 5.73. The highest BCUT2D eigenvalue weighted by Gasteiger charge is 2.21. The summed E-state index contributed by atoms with van der Waals surface area (Å²) in [6.45, 7) is 1.97. The van der Waals surface area contributed by atoms with Crippen LogP contribution in [0.25, 0.3) is 16.7 Å². The molecule has 0 amide bonds. The van der Waals surface area contributed by atoms with Crippen LogP contribution in [-0.2, 0) is 19.3 Å². The Morgan fingerprint density at radius 2 is 1.57 bits per heavy atom. The van der Waals surface area contributed by atoms with Crippen LogP contribution in [0.15, 0.2) is 54.6 Å². The van der Waals surface area contributed by atoms with E-state index in [1.54, 1.807) is 24.3 Å². The molecule has 0 aromatic heterocycles. The molecule has 0 fully saturated rings. The zero-order valence-electron chi connectivity index (χ0n) is 15.3. The van der Waals surface area contributed by atoms with Crippen molar-refractivity contribution in [2.24, 2.45) is 0 Å². The van der Waals surface area contributed by atoms with Crippen LogP contribution in [0, 0.1) is 23.3 Å². The third-order valence-corrected chi connectivity index (χ3v) is 5.29. The maximum absolute atomic E-state index is 15.1. The van der Waals surface area contributed by atoms with Crippen molar-refractivity contribution in [3.63, 3.8) is 0 Å². The van der Waals surface area contributed by atoms with Crippen molar-refractivity contribution in [1.82, 2.24) is 0 Å². The molecule has 0 aliphatic heterocycles. The third-order valence-electron chi connectivity index (χ3n) is 5.29. The summed E-state index contributed by atoms with van der Waals surface area (Å²) in [7, 11) is 0. The molecule has 0 radical (unpaired) electrons. The minimum Gasteiger partial charge on any atom is -0.206 e. The lowest BCUT2D eigenvalue weighted by molar-refractivity contribution is 0.509. The normalized spacial score (nSPS) is 13.2. The van der Waals surface area contributed by atoms with Crippen LogP contribution in [0.5, 0.6) is 0 Å². The second-order valence-corrected chi connectivity index (χ2v) is 6.97. The summed E-state index contributed by atoms with van der Waals surface area (Å²) in [6, 6.07) is 11.9. The van der Waals surface area contributed by atoms with Gasteiger partial charge in [0.1, 0.15) is 11.6 Å². The van der Waals surface area contributed by atoms with Crippen LogP contribution in [0.2, 0.25) is 0 Å². The molecule has 1 aliphatic carbocycles. The Balaban J connectivity index is 1.69. The molecule has 0 saturated carbocycles. The molecule has 3 aromatic rings. The van der Waals surface area contributed by atoms with E-state index < -0.39 is 17.5 Å². The lowest BCUT2D eigenvalue weighted by Crippen LogP contribution is -2.07. The monoisotopic (exact) mass is 382 g/mol. The van der Waals surface area contributed by atoms with Gasteiger partial charge < -0.3 is 0 Å². The van der Waals surface area contributed by atoms with Crippen molar-refractivity contribution in [3.8, 4) is 11.1 Å². The summed E-state index contributed by atoms with van der Waals surface area (Å²) in [5.41, 5.74) is 4.10. The smallest absolute Gasteiger partial charge is 0.159 e. The molecule has 0 atom stereocenters. The van der Waals surface area contributed by atoms with Gasteiger partial charge in [0.05, 0.1) is 0 Å². The van der Waals surface area contributed by atoms with Crippen LogP contribution in [0.3, 0.4) is 0 Å². The predicted octanol–water partition coefficient (Wildman–Crippen LogP) is 6.65. The summed E-state index contributed by atoms with van der Waals surface area (Å²) in [4.78, 5) is 0. The number of aryl methyl sites for hydroxylation is 1. The van der Waals surface area contributed by atoms with E-state index in [1.807, 2.05) is 19.1 Å². The maximum Gasteiger partial charge on any atom is 0.159 e. The maximum atomic E-state index is 15.1. The standard InChI is InChI=1S/C24H18F4/c1-2-14-3-7-18(22(26)11-14)15-4-8-19-16(12-15)5-9-20(24(19)28)17-6-10-21(25)23(27)13-17/h3-7,9-11,13H,2,8,12H2,1H3. The van der Waals surface area contributed by atoms with Gasteiger partial charge in [-0.25, -0.2) is 17.6 Å². The van der Waals surface area contributed by atoms with Crippen LogP contribution >= 0.6 is 0 Å². The van der Waals surface area contributed by atoms with Crippen molar-refractivity contribution >= 4 is 5.57 Å². The molecule has 28 heavy (non-hydrogen) atoms. The van der Waals surface area contributed by atoms with Gasteiger partial charge in [-0.1, -0.05) is 43.3 Å². The van der Waals surface area contributed by atoms with Gasteiger partial charge >= 0.3 is 0 Å². The van der Waals surface area contributed by atoms with E-state index in [0.717, 1.165) is 35.3 Å². The number of allylic oxidation sites excluding steroid dienone is 2. The van der Waals surface area contributed by atoms with Crippen LogP contribution < -0.4 is 0 Å². The number of halogens is 4. The Labute approximate surface area is 161 Å². The van der Waals surface area contributed by atoms with Crippen molar-refractivity contribution in [2.75, 3.05) is 0 Å². The van der Waals surface area contributed by atoms with Gasteiger partial charge in [0, 0.05) is 11.1 Å². The molecule has 0 saturated heterocycles. The highest BCUT2D eigenvalue weighted by Crippen LogP contribution is 2.35. The highest BCUT2D eigenvalue weighted by atomic mass is 19.2. The number of benzene rings is 3. The van der Waals surface area contributed by atoms with Crippen molar-refractivity contribution in [3.05, 3.63) is 100 Å². The largest absolute Gasteiger partial charge is 0.206 e. The average molecular weight is 382 g/mol. The second kappa shape index (κ2) is 7.27. The molecular weight excluding hydrogens is 364 g/mol. The van der Waals surface area contributed by atoms with E-state index >= 15 is 4.39 Å². The molecular formula is C24H18F4. The molecule has 0 nitrogen and oxygen atoms in total. The zero-order chi connectivity index (χ0) is 19.8. The Morgan fingerprint density at radius 1 is 0.786 bits per heavy atom. The lowest BCUT2D eigenvalue weighted by atomic mass is 9.85. The fourth-order valence-corrected chi connectivity index (χ4v) is 3.68. The van der Waals surface area contributed by atoms with Crippen LogP contribution in [0.1, 0.15) is 29.2 Å². The minimum atomic E-state index is -1.01. The second-order valence-electron chi connectivity index (χ2n) is 6.97. The molecule has 142 valence electrons. The first-order valence-electron chi connectivity index (χ1n) is 9.21. The summed E-state index contributed by atoms with van der Waals surface area (Å²) < 4.78 is 56.2. The van der Waals surface area contributed by atoms with E-state index in [2.05, 4.69) is 0 Å². The van der Waals surface area contributed by atoms with Gasteiger partial charge in [-0.15, -0.1) is 0 Å².